The van der Waals surface area contributed by atoms with Gasteiger partial charge in [-0.05, 0) is 42.0 Å². The van der Waals surface area contributed by atoms with Gasteiger partial charge in [0.15, 0.2) is 12.1 Å². The van der Waals surface area contributed by atoms with Gasteiger partial charge in [0.2, 0.25) is 0 Å². The van der Waals surface area contributed by atoms with E-state index in [4.69, 9.17) is 0 Å². The topological polar surface area (TPSA) is 65.3 Å². The maximum absolute atomic E-state index is 13.1. The molecule has 0 spiro atoms. The summed E-state index contributed by atoms with van der Waals surface area (Å²) in [7, 11) is 0. The molecule has 0 aliphatic carbocycles. The van der Waals surface area contributed by atoms with Crippen LogP contribution in [0.25, 0.3) is 0 Å². The Bertz CT molecular complexity index is 867. The molecule has 2 atom stereocenters. The van der Waals surface area contributed by atoms with E-state index in [0.717, 1.165) is 10.5 Å². The molecular weight excluding hydrogens is 330 g/mol. The summed E-state index contributed by atoms with van der Waals surface area (Å²) in [5.41, 5.74) is 1.03. The van der Waals surface area contributed by atoms with Gasteiger partial charge in [-0.2, -0.15) is 5.11 Å². The number of halogens is 2. The van der Waals surface area contributed by atoms with Gasteiger partial charge in [0.25, 0.3) is 11.8 Å². The molecule has 8 heteroatoms. The molecule has 0 saturated carbocycles. The number of nitrogens with zero attached hydrogens (tertiary/aromatic N) is 4. The third kappa shape index (κ3) is 2.55. The van der Waals surface area contributed by atoms with Gasteiger partial charge in [-0.1, -0.05) is 17.4 Å². The lowest BCUT2D eigenvalue weighted by atomic mass is 10.1. The average molecular weight is 342 g/mol. The number of amides is 2. The highest BCUT2D eigenvalue weighted by Gasteiger charge is 2.54. The van der Waals surface area contributed by atoms with Gasteiger partial charge in [0.05, 0.1) is 12.2 Å². The van der Waals surface area contributed by atoms with Gasteiger partial charge in [0, 0.05) is 0 Å². The number of benzene rings is 2. The van der Waals surface area contributed by atoms with Gasteiger partial charge < -0.3 is 0 Å². The Kier molecular flexibility index (Phi) is 3.52. The van der Waals surface area contributed by atoms with Crippen molar-refractivity contribution in [2.24, 2.45) is 10.3 Å². The van der Waals surface area contributed by atoms with E-state index in [9.17, 15) is 18.4 Å². The van der Waals surface area contributed by atoms with Crippen molar-refractivity contribution < 1.29 is 18.4 Å². The Morgan fingerprint density at radius 2 is 1.48 bits per heavy atom. The molecule has 0 N–H and O–H groups in total. The van der Waals surface area contributed by atoms with E-state index < -0.39 is 29.7 Å². The van der Waals surface area contributed by atoms with Crippen LogP contribution in [0.15, 0.2) is 58.9 Å². The highest BCUT2D eigenvalue weighted by atomic mass is 19.1. The van der Waals surface area contributed by atoms with Crippen LogP contribution in [0, 0.1) is 11.6 Å². The summed E-state index contributed by atoms with van der Waals surface area (Å²) in [5.74, 6) is -1.78. The number of hydrogen-bond acceptors (Lipinski definition) is 5. The molecule has 1 saturated heterocycles. The molecule has 2 aliphatic heterocycles. The summed E-state index contributed by atoms with van der Waals surface area (Å²) in [6, 6.07) is 9.12. The van der Waals surface area contributed by atoms with Crippen LogP contribution in [-0.4, -0.2) is 28.9 Å². The van der Waals surface area contributed by atoms with E-state index in [-0.39, 0.29) is 12.4 Å². The lowest BCUT2D eigenvalue weighted by Crippen LogP contribution is -2.39. The minimum Gasteiger partial charge on any atom is -0.271 e. The van der Waals surface area contributed by atoms with Gasteiger partial charge in [-0.25, -0.2) is 13.7 Å². The molecule has 0 unspecified atom stereocenters. The average Bonchev–Trinajstić information content (AvgIpc) is 3.12. The van der Waals surface area contributed by atoms with Gasteiger partial charge in [0.1, 0.15) is 11.6 Å². The first kappa shape index (κ1) is 15.4. The maximum atomic E-state index is 13.1. The largest absolute Gasteiger partial charge is 0.271 e. The fourth-order valence-corrected chi connectivity index (χ4v) is 2.98. The fourth-order valence-electron chi connectivity index (χ4n) is 2.98. The zero-order chi connectivity index (χ0) is 17.6. The second-order valence-electron chi connectivity index (χ2n) is 5.81. The van der Waals surface area contributed by atoms with Crippen molar-refractivity contribution in [1.82, 2.24) is 5.01 Å². The van der Waals surface area contributed by atoms with Crippen molar-refractivity contribution in [3.63, 3.8) is 0 Å². The highest BCUT2D eigenvalue weighted by molar-refractivity contribution is 6.25. The Morgan fingerprint density at radius 1 is 0.880 bits per heavy atom. The van der Waals surface area contributed by atoms with E-state index in [0.29, 0.717) is 5.69 Å². The van der Waals surface area contributed by atoms with Gasteiger partial charge in [-0.15, -0.1) is 0 Å². The van der Waals surface area contributed by atoms with Crippen molar-refractivity contribution in [3.05, 3.63) is 65.7 Å². The number of rotatable bonds is 3. The summed E-state index contributed by atoms with van der Waals surface area (Å²) in [5, 5.41) is 9.24. The van der Waals surface area contributed by atoms with Crippen LogP contribution in [-0.2, 0) is 16.1 Å². The third-order valence-electron chi connectivity index (χ3n) is 4.20. The molecule has 2 heterocycles. The molecule has 2 aromatic carbocycles. The van der Waals surface area contributed by atoms with E-state index in [1.54, 1.807) is 12.1 Å². The maximum Gasteiger partial charge on any atom is 0.263 e. The Morgan fingerprint density at radius 3 is 2.12 bits per heavy atom. The Labute approximate surface area is 141 Å². The van der Waals surface area contributed by atoms with Gasteiger partial charge >= 0.3 is 0 Å². The highest BCUT2D eigenvalue weighted by Crippen LogP contribution is 2.32. The first-order valence-corrected chi connectivity index (χ1v) is 7.60. The standard InChI is InChI=1S/C17H12F2N4O2/c18-11-3-1-10(2-4-11)9-22-15-14(20-21-22)16(24)23(17(15)25)13-7-5-12(19)6-8-13/h1-8,14-15H,9H2/t14-,15+/m1/s1. The minimum absolute atomic E-state index is 0.223. The van der Waals surface area contributed by atoms with Crippen LogP contribution in [0.1, 0.15) is 5.56 Å². The van der Waals surface area contributed by atoms with E-state index >= 15 is 0 Å². The first-order valence-electron chi connectivity index (χ1n) is 7.60. The summed E-state index contributed by atoms with van der Waals surface area (Å²) in [6.45, 7) is 0.223. The molecule has 2 aliphatic rings. The molecule has 25 heavy (non-hydrogen) atoms. The lowest BCUT2D eigenvalue weighted by molar-refractivity contribution is -0.123. The number of carbonyl (C=O) groups excluding carboxylic acids is 2. The van der Waals surface area contributed by atoms with Crippen molar-refractivity contribution in [3.8, 4) is 0 Å². The van der Waals surface area contributed by atoms with Crippen molar-refractivity contribution in [1.29, 1.82) is 0 Å². The predicted octanol–water partition coefficient (Wildman–Crippen LogP) is 2.46. The summed E-state index contributed by atoms with van der Waals surface area (Å²) >= 11 is 0. The molecule has 2 aromatic rings. The van der Waals surface area contributed by atoms with Crippen molar-refractivity contribution >= 4 is 17.5 Å². The monoisotopic (exact) mass is 342 g/mol. The number of imide groups is 1. The van der Waals surface area contributed by atoms with Crippen LogP contribution in [0.4, 0.5) is 14.5 Å². The molecule has 6 nitrogen and oxygen atoms in total. The molecule has 126 valence electrons. The Hall–Kier alpha value is -3.16. The first-order chi connectivity index (χ1) is 12.0. The summed E-state index contributed by atoms with van der Waals surface area (Å²) in [6.07, 6.45) is 0. The second kappa shape index (κ2) is 5.73. The van der Waals surface area contributed by atoms with Crippen LogP contribution in [0.5, 0.6) is 0 Å². The summed E-state index contributed by atoms with van der Waals surface area (Å²) < 4.78 is 26.1. The van der Waals surface area contributed by atoms with E-state index in [2.05, 4.69) is 10.3 Å². The molecule has 1 fully saturated rings. The quantitative estimate of drug-likeness (QED) is 0.805. The molecule has 2 amide bonds. The van der Waals surface area contributed by atoms with E-state index in [1.165, 1.54) is 41.4 Å². The number of anilines is 1. The Balaban J connectivity index is 1.59. The zero-order valence-electron chi connectivity index (χ0n) is 12.8. The SMILES string of the molecule is O=C1[C@@H]2[C@@H](N=NN2Cc2ccc(F)cc2)C(=O)N1c1ccc(F)cc1. The molecule has 4 rings (SSSR count). The second-order valence-corrected chi connectivity index (χ2v) is 5.81. The number of hydrogen-bond donors (Lipinski definition) is 0. The number of carbonyl (C=O) groups is 2. The molecule has 0 aromatic heterocycles. The van der Waals surface area contributed by atoms with E-state index in [1.807, 2.05) is 0 Å². The molecule has 0 radical (unpaired) electrons. The zero-order valence-corrected chi connectivity index (χ0v) is 12.8. The van der Waals surface area contributed by atoms with Gasteiger partial charge in [-0.3, -0.25) is 14.6 Å². The number of fused-ring (bicyclic) bond motifs is 1. The fraction of sp³-hybridized carbons (Fsp3) is 0.176. The minimum atomic E-state index is -0.919. The van der Waals surface area contributed by atoms with Crippen LogP contribution in [0.3, 0.4) is 0 Å². The van der Waals surface area contributed by atoms with Crippen molar-refractivity contribution in [2.75, 3.05) is 4.90 Å². The third-order valence-corrected chi connectivity index (χ3v) is 4.20. The predicted molar refractivity (Wildman–Crippen MR) is 83.3 cm³/mol. The van der Waals surface area contributed by atoms with Crippen LogP contribution in [0.2, 0.25) is 0 Å². The molecular formula is C17H12F2N4O2. The smallest absolute Gasteiger partial charge is 0.263 e. The van der Waals surface area contributed by atoms with Crippen LogP contribution >= 0.6 is 0 Å². The normalized spacial score (nSPS) is 22.0. The summed E-state index contributed by atoms with van der Waals surface area (Å²) in [4.78, 5) is 26.2. The van der Waals surface area contributed by atoms with Crippen molar-refractivity contribution in [2.45, 2.75) is 18.6 Å². The lowest BCUT2D eigenvalue weighted by Gasteiger charge is -2.20. The van der Waals surface area contributed by atoms with Crippen LogP contribution < -0.4 is 4.90 Å². The molecule has 0 bridgehead atoms.